The Labute approximate surface area is 229 Å². The Morgan fingerprint density at radius 1 is 0.949 bits per heavy atom. The lowest BCUT2D eigenvalue weighted by Gasteiger charge is -2.43. The first-order valence-electron chi connectivity index (χ1n) is 13.1. The number of carbonyl (C=O) groups is 3. The van der Waals surface area contributed by atoms with E-state index in [1.165, 1.54) is 0 Å². The molecule has 0 bridgehead atoms. The summed E-state index contributed by atoms with van der Waals surface area (Å²) in [6.45, 7) is 5.28. The van der Waals surface area contributed by atoms with E-state index in [1.54, 1.807) is 27.9 Å². The zero-order chi connectivity index (χ0) is 28.0. The molecule has 3 aromatic carbocycles. The minimum Gasteiger partial charge on any atom is -0.497 e. The number of ether oxygens (including phenoxy) is 2. The Balaban J connectivity index is 1.91. The average Bonchev–Trinajstić information content (AvgIpc) is 2.97. The highest BCUT2D eigenvalue weighted by molar-refractivity contribution is 6.01. The second-order valence-corrected chi connectivity index (χ2v) is 9.82. The van der Waals surface area contributed by atoms with Gasteiger partial charge >= 0.3 is 5.97 Å². The van der Waals surface area contributed by atoms with Crippen molar-refractivity contribution < 1.29 is 23.9 Å². The fourth-order valence-electron chi connectivity index (χ4n) is 4.84. The van der Waals surface area contributed by atoms with Crippen molar-refractivity contribution in [3.05, 3.63) is 108 Å². The van der Waals surface area contributed by atoms with Gasteiger partial charge in [-0.05, 0) is 40.8 Å². The van der Waals surface area contributed by atoms with E-state index in [4.69, 9.17) is 9.47 Å². The molecular formula is C32H34N2O5. The van der Waals surface area contributed by atoms with Gasteiger partial charge in [-0.3, -0.25) is 14.4 Å². The molecule has 2 amide bonds. The van der Waals surface area contributed by atoms with E-state index < -0.39 is 35.3 Å². The maximum atomic E-state index is 14.3. The van der Waals surface area contributed by atoms with Crippen LogP contribution in [0.15, 0.2) is 91.0 Å². The number of carbonyl (C=O) groups excluding carboxylic acids is 3. The average molecular weight is 527 g/mol. The smallest absolute Gasteiger partial charge is 0.306 e. The molecule has 39 heavy (non-hydrogen) atoms. The van der Waals surface area contributed by atoms with E-state index in [2.05, 4.69) is 10.6 Å². The van der Waals surface area contributed by atoms with Crippen LogP contribution in [0.25, 0.3) is 5.70 Å². The van der Waals surface area contributed by atoms with Crippen LogP contribution in [0.3, 0.4) is 0 Å². The predicted octanol–water partition coefficient (Wildman–Crippen LogP) is 4.94. The summed E-state index contributed by atoms with van der Waals surface area (Å²) in [4.78, 5) is 40.3. The van der Waals surface area contributed by atoms with Crippen molar-refractivity contribution >= 4 is 23.5 Å². The number of esters is 1. The highest BCUT2D eigenvalue weighted by Gasteiger charge is 2.52. The molecule has 1 aliphatic heterocycles. The Bertz CT molecular complexity index is 1340. The van der Waals surface area contributed by atoms with Gasteiger partial charge in [0.2, 0.25) is 0 Å². The summed E-state index contributed by atoms with van der Waals surface area (Å²) < 4.78 is 10.9. The molecule has 4 rings (SSSR count). The van der Waals surface area contributed by atoms with Crippen LogP contribution in [-0.4, -0.2) is 31.0 Å². The lowest BCUT2D eigenvalue weighted by Crippen LogP contribution is -2.63. The second-order valence-electron chi connectivity index (χ2n) is 9.82. The van der Waals surface area contributed by atoms with Crippen molar-refractivity contribution in [2.24, 2.45) is 5.92 Å². The first-order chi connectivity index (χ1) is 18.8. The summed E-state index contributed by atoms with van der Waals surface area (Å²) in [6.07, 6.45) is 1.04. The predicted molar refractivity (Wildman–Crippen MR) is 150 cm³/mol. The molecule has 0 saturated carbocycles. The molecular weight excluding hydrogens is 492 g/mol. The van der Waals surface area contributed by atoms with Crippen LogP contribution in [0.2, 0.25) is 0 Å². The van der Waals surface area contributed by atoms with Crippen molar-refractivity contribution in [3.63, 3.8) is 0 Å². The number of rotatable bonds is 9. The quantitative estimate of drug-likeness (QED) is 0.385. The third-order valence-electron chi connectivity index (χ3n) is 6.93. The summed E-state index contributed by atoms with van der Waals surface area (Å²) >= 11 is 0. The third-order valence-corrected chi connectivity index (χ3v) is 6.93. The molecule has 1 heterocycles. The van der Waals surface area contributed by atoms with E-state index >= 15 is 0 Å². The van der Waals surface area contributed by atoms with Gasteiger partial charge in [-0.15, -0.1) is 0 Å². The second kappa shape index (κ2) is 12.0. The van der Waals surface area contributed by atoms with Gasteiger partial charge in [0.25, 0.3) is 11.8 Å². The van der Waals surface area contributed by atoms with Gasteiger partial charge in [0, 0.05) is 18.0 Å². The van der Waals surface area contributed by atoms with E-state index in [0.717, 1.165) is 11.1 Å². The first kappa shape index (κ1) is 27.6. The molecule has 2 N–H and O–H groups in total. The monoisotopic (exact) mass is 526 g/mol. The van der Waals surface area contributed by atoms with Crippen molar-refractivity contribution in [2.75, 3.05) is 7.11 Å². The molecule has 0 aliphatic carbocycles. The van der Waals surface area contributed by atoms with Crippen LogP contribution in [-0.2, 0) is 24.7 Å². The van der Waals surface area contributed by atoms with Crippen LogP contribution < -0.4 is 15.4 Å². The van der Waals surface area contributed by atoms with E-state index in [-0.39, 0.29) is 12.3 Å². The summed E-state index contributed by atoms with van der Waals surface area (Å²) in [7, 11) is 1.59. The minimum absolute atomic E-state index is 0.137. The number of nitrogens with one attached hydrogen (secondary N) is 2. The SMILES string of the molecule is CCC(=O)OC(C(=O)N[C@@]1(c2ccccc2)C(=O)NC(c2ccccc2)=C[C@H]1c1ccc(OC)cc1)C(C)C. The van der Waals surface area contributed by atoms with Gasteiger partial charge in [0.15, 0.2) is 11.6 Å². The normalized spacial score (nSPS) is 19.5. The molecule has 0 saturated heterocycles. The molecule has 7 nitrogen and oxygen atoms in total. The van der Waals surface area contributed by atoms with Gasteiger partial charge < -0.3 is 20.1 Å². The lowest BCUT2D eigenvalue weighted by molar-refractivity contribution is -0.159. The van der Waals surface area contributed by atoms with Gasteiger partial charge in [0.1, 0.15) is 5.75 Å². The number of amides is 2. The van der Waals surface area contributed by atoms with Crippen molar-refractivity contribution in [3.8, 4) is 5.75 Å². The summed E-state index contributed by atoms with van der Waals surface area (Å²) in [5.74, 6) is -1.66. The van der Waals surface area contributed by atoms with Crippen LogP contribution in [0.4, 0.5) is 0 Å². The lowest BCUT2D eigenvalue weighted by atomic mass is 9.71. The molecule has 0 fully saturated rings. The van der Waals surface area contributed by atoms with E-state index in [0.29, 0.717) is 17.0 Å². The maximum Gasteiger partial charge on any atom is 0.306 e. The molecule has 202 valence electrons. The van der Waals surface area contributed by atoms with Crippen LogP contribution >= 0.6 is 0 Å². The molecule has 3 aromatic rings. The summed E-state index contributed by atoms with van der Waals surface area (Å²) in [5.41, 5.74) is 1.35. The van der Waals surface area contributed by atoms with Crippen molar-refractivity contribution in [2.45, 2.75) is 44.8 Å². The molecule has 0 radical (unpaired) electrons. The number of hydrogen-bond donors (Lipinski definition) is 2. The van der Waals surface area contributed by atoms with E-state index in [1.807, 2.05) is 91.0 Å². The Morgan fingerprint density at radius 3 is 2.13 bits per heavy atom. The van der Waals surface area contributed by atoms with E-state index in [9.17, 15) is 14.4 Å². The molecule has 0 spiro atoms. The first-order valence-corrected chi connectivity index (χ1v) is 13.1. The number of benzene rings is 3. The summed E-state index contributed by atoms with van der Waals surface area (Å²) in [6, 6.07) is 26.1. The zero-order valence-corrected chi connectivity index (χ0v) is 22.6. The Kier molecular flexibility index (Phi) is 8.49. The largest absolute Gasteiger partial charge is 0.497 e. The Hall–Kier alpha value is -4.39. The highest BCUT2D eigenvalue weighted by atomic mass is 16.5. The van der Waals surface area contributed by atoms with Crippen molar-refractivity contribution in [1.82, 2.24) is 10.6 Å². The highest BCUT2D eigenvalue weighted by Crippen LogP contribution is 2.43. The third kappa shape index (κ3) is 5.72. The number of hydrogen-bond acceptors (Lipinski definition) is 5. The standard InChI is InChI=1S/C32H34N2O5/c1-5-28(35)39-29(21(2)3)30(36)34-32(24-14-10-7-11-15-24)26(22-16-18-25(38-4)19-17-22)20-27(33-31(32)37)23-12-8-6-9-13-23/h6-21,26,29H,5H2,1-4H3,(H,33,37)(H,34,36)/t26-,29?,32+/m0/s1. The number of methoxy groups -OCH3 is 1. The zero-order valence-electron chi connectivity index (χ0n) is 22.6. The van der Waals surface area contributed by atoms with Crippen LogP contribution in [0, 0.1) is 5.92 Å². The van der Waals surface area contributed by atoms with Crippen LogP contribution in [0.5, 0.6) is 5.75 Å². The molecule has 7 heteroatoms. The molecule has 1 aliphatic rings. The van der Waals surface area contributed by atoms with Crippen molar-refractivity contribution in [1.29, 1.82) is 0 Å². The minimum atomic E-state index is -1.53. The van der Waals surface area contributed by atoms with Crippen LogP contribution in [0.1, 0.15) is 49.8 Å². The van der Waals surface area contributed by atoms with Gasteiger partial charge in [-0.25, -0.2) is 0 Å². The fraction of sp³-hybridized carbons (Fsp3) is 0.281. The molecule has 1 unspecified atom stereocenters. The molecule has 3 atom stereocenters. The Morgan fingerprint density at radius 2 is 1.56 bits per heavy atom. The van der Waals surface area contributed by atoms with Gasteiger partial charge in [0.05, 0.1) is 7.11 Å². The topological polar surface area (TPSA) is 93.7 Å². The van der Waals surface area contributed by atoms with Gasteiger partial charge in [-0.1, -0.05) is 93.6 Å². The maximum absolute atomic E-state index is 14.3. The summed E-state index contributed by atoms with van der Waals surface area (Å²) in [5, 5.41) is 6.10. The van der Waals surface area contributed by atoms with Gasteiger partial charge in [-0.2, -0.15) is 0 Å². The fourth-order valence-corrected chi connectivity index (χ4v) is 4.84. The molecule has 0 aromatic heterocycles.